The highest BCUT2D eigenvalue weighted by Gasteiger charge is 2.38. The molecule has 0 spiro atoms. The van der Waals surface area contributed by atoms with E-state index in [0.29, 0.717) is 23.4 Å². The number of aromatic nitrogens is 2. The summed E-state index contributed by atoms with van der Waals surface area (Å²) in [6, 6.07) is 6.89. The van der Waals surface area contributed by atoms with Crippen molar-refractivity contribution in [2.75, 3.05) is 13.2 Å². The van der Waals surface area contributed by atoms with E-state index >= 15 is 0 Å². The minimum atomic E-state index is -4.81. The van der Waals surface area contributed by atoms with Crippen LogP contribution in [0.3, 0.4) is 0 Å². The van der Waals surface area contributed by atoms with Crippen molar-refractivity contribution in [1.82, 2.24) is 15.3 Å². The van der Waals surface area contributed by atoms with Gasteiger partial charge in [0.15, 0.2) is 6.10 Å². The summed E-state index contributed by atoms with van der Waals surface area (Å²) in [6.45, 7) is -0.508. The number of aliphatic hydroxyl groups excluding tert-OH is 1. The summed E-state index contributed by atoms with van der Waals surface area (Å²) < 4.78 is 42.6. The van der Waals surface area contributed by atoms with Gasteiger partial charge in [0.25, 0.3) is 5.91 Å². The smallest absolute Gasteiger partial charge is 0.416 e. The zero-order valence-corrected chi connectivity index (χ0v) is 13.1. The van der Waals surface area contributed by atoms with Gasteiger partial charge < -0.3 is 15.2 Å². The van der Waals surface area contributed by atoms with Crippen molar-refractivity contribution >= 4 is 16.8 Å². The molecule has 0 bridgehead atoms. The zero-order valence-electron chi connectivity index (χ0n) is 13.1. The predicted molar refractivity (Wildman–Crippen MR) is 82.2 cm³/mol. The topological polar surface area (TPSA) is 84.3 Å². The van der Waals surface area contributed by atoms with Crippen molar-refractivity contribution in [2.45, 2.75) is 25.1 Å². The minimum Gasteiger partial charge on any atom is -0.477 e. The summed E-state index contributed by atoms with van der Waals surface area (Å²) in [7, 11) is 0. The highest BCUT2D eigenvalue weighted by molar-refractivity contribution is 5.94. The number of carbonyl (C=O) groups is 1. The summed E-state index contributed by atoms with van der Waals surface area (Å²) in [4.78, 5) is 20.1. The lowest BCUT2D eigenvalue weighted by Crippen LogP contribution is -2.41. The van der Waals surface area contributed by atoms with E-state index in [-0.39, 0.29) is 11.7 Å². The van der Waals surface area contributed by atoms with Crippen LogP contribution in [0.2, 0.25) is 0 Å². The predicted octanol–water partition coefficient (Wildman–Crippen LogP) is 2.07. The number of nitrogens with zero attached hydrogens (tertiary/aromatic N) is 2. The number of carbonyl (C=O) groups excluding carboxylic acids is 1. The summed E-state index contributed by atoms with van der Waals surface area (Å²) in [5.41, 5.74) is 0.449. The molecule has 1 aromatic carbocycles. The Balaban J connectivity index is 1.79. The quantitative estimate of drug-likeness (QED) is 0.829. The van der Waals surface area contributed by atoms with Crippen molar-refractivity contribution in [3.8, 4) is 5.88 Å². The molecule has 0 aliphatic heterocycles. The second-order valence-electron chi connectivity index (χ2n) is 5.89. The Kier molecular flexibility index (Phi) is 4.76. The van der Waals surface area contributed by atoms with Crippen LogP contribution in [0.25, 0.3) is 10.9 Å². The molecule has 1 amide bonds. The first-order chi connectivity index (χ1) is 11.8. The van der Waals surface area contributed by atoms with Gasteiger partial charge >= 0.3 is 6.18 Å². The fraction of sp³-hybridized carbons (Fsp3) is 0.438. The van der Waals surface area contributed by atoms with Crippen LogP contribution in [0.5, 0.6) is 5.88 Å². The molecule has 1 saturated carbocycles. The monoisotopic (exact) mass is 355 g/mol. The highest BCUT2D eigenvalue weighted by Crippen LogP contribution is 2.30. The van der Waals surface area contributed by atoms with Gasteiger partial charge in [-0.2, -0.15) is 18.2 Å². The van der Waals surface area contributed by atoms with Crippen LogP contribution in [-0.4, -0.2) is 46.4 Å². The molecule has 1 fully saturated rings. The maximum Gasteiger partial charge on any atom is 0.416 e. The fourth-order valence-corrected chi connectivity index (χ4v) is 2.12. The number of amides is 1. The van der Waals surface area contributed by atoms with Gasteiger partial charge in [0, 0.05) is 0 Å². The Hall–Kier alpha value is -2.42. The lowest BCUT2D eigenvalue weighted by atomic mass is 10.2. The number of fused-ring (bicyclic) bond motifs is 1. The molecule has 1 atom stereocenters. The minimum absolute atomic E-state index is 0.221. The number of hydrogen-bond acceptors (Lipinski definition) is 5. The molecule has 1 heterocycles. The normalized spacial score (nSPS) is 15.8. The summed E-state index contributed by atoms with van der Waals surface area (Å²) >= 11 is 0. The molecule has 2 aromatic rings. The molecule has 134 valence electrons. The van der Waals surface area contributed by atoms with Crippen LogP contribution >= 0.6 is 0 Å². The molecule has 2 N–H and O–H groups in total. The summed E-state index contributed by atoms with van der Waals surface area (Å²) in [5, 5.41) is 11.6. The Morgan fingerprint density at radius 2 is 2.04 bits per heavy atom. The molecule has 1 aliphatic carbocycles. The molecular formula is C16H16F3N3O3. The lowest BCUT2D eigenvalue weighted by molar-refractivity contribution is -0.201. The van der Waals surface area contributed by atoms with Gasteiger partial charge in [0.05, 0.1) is 24.1 Å². The summed E-state index contributed by atoms with van der Waals surface area (Å²) in [5.74, 6) is -0.531. The van der Waals surface area contributed by atoms with Crippen molar-refractivity contribution in [3.63, 3.8) is 0 Å². The molecule has 1 aliphatic rings. The van der Waals surface area contributed by atoms with E-state index in [4.69, 9.17) is 9.84 Å². The van der Waals surface area contributed by atoms with E-state index in [9.17, 15) is 18.0 Å². The number of para-hydroxylation sites is 1. The molecule has 9 heteroatoms. The van der Waals surface area contributed by atoms with Crippen molar-refractivity contribution in [1.29, 1.82) is 0 Å². The van der Waals surface area contributed by atoms with Gasteiger partial charge in [-0.1, -0.05) is 12.1 Å². The van der Waals surface area contributed by atoms with Gasteiger partial charge in [0.1, 0.15) is 0 Å². The number of aliphatic hydroxyl groups is 1. The van der Waals surface area contributed by atoms with E-state index in [0.717, 1.165) is 12.8 Å². The maximum absolute atomic E-state index is 12.3. The van der Waals surface area contributed by atoms with Gasteiger partial charge in [0.2, 0.25) is 11.7 Å². The largest absolute Gasteiger partial charge is 0.477 e. The number of halogens is 3. The van der Waals surface area contributed by atoms with E-state index in [1.807, 2.05) is 5.32 Å². The van der Waals surface area contributed by atoms with Crippen molar-refractivity contribution < 1.29 is 27.8 Å². The Bertz CT molecular complexity index is 778. The van der Waals surface area contributed by atoms with Crippen molar-refractivity contribution in [2.24, 2.45) is 5.92 Å². The van der Waals surface area contributed by atoms with Gasteiger partial charge in [-0.25, -0.2) is 4.98 Å². The van der Waals surface area contributed by atoms with E-state index in [2.05, 4.69) is 9.97 Å². The van der Waals surface area contributed by atoms with E-state index < -0.39 is 24.7 Å². The van der Waals surface area contributed by atoms with Crippen LogP contribution in [-0.2, 0) is 0 Å². The van der Waals surface area contributed by atoms with Gasteiger partial charge in [-0.3, -0.25) is 4.79 Å². The standard InChI is InChI=1S/C16H16F3N3O3/c17-16(18,19)12(23)7-20-14(24)13-21-11-4-2-1-3-10(11)15(22-13)25-8-9-5-6-9/h1-4,9,12,23H,5-8H2,(H,20,24)/t12-/m1/s1. The second-order valence-corrected chi connectivity index (χ2v) is 5.89. The molecule has 0 unspecified atom stereocenters. The number of benzene rings is 1. The number of alkyl halides is 3. The van der Waals surface area contributed by atoms with E-state index in [1.165, 1.54) is 0 Å². The van der Waals surface area contributed by atoms with Crippen LogP contribution in [0.4, 0.5) is 13.2 Å². The Morgan fingerprint density at radius 1 is 1.32 bits per heavy atom. The third-order valence-corrected chi connectivity index (χ3v) is 3.76. The van der Waals surface area contributed by atoms with E-state index in [1.54, 1.807) is 24.3 Å². The second kappa shape index (κ2) is 6.83. The Morgan fingerprint density at radius 3 is 2.72 bits per heavy atom. The maximum atomic E-state index is 12.3. The number of hydrogen-bond donors (Lipinski definition) is 2. The molecule has 3 rings (SSSR count). The molecule has 0 radical (unpaired) electrons. The van der Waals surface area contributed by atoms with Gasteiger partial charge in [-0.15, -0.1) is 0 Å². The van der Waals surface area contributed by atoms with Crippen LogP contribution in [0.15, 0.2) is 24.3 Å². The first-order valence-electron chi connectivity index (χ1n) is 7.77. The molecule has 0 saturated heterocycles. The fourth-order valence-electron chi connectivity index (χ4n) is 2.12. The number of ether oxygens (including phenoxy) is 1. The van der Waals surface area contributed by atoms with Gasteiger partial charge in [-0.05, 0) is 30.9 Å². The highest BCUT2D eigenvalue weighted by atomic mass is 19.4. The van der Waals surface area contributed by atoms with Crippen LogP contribution in [0, 0.1) is 5.92 Å². The molecule has 6 nitrogen and oxygen atoms in total. The van der Waals surface area contributed by atoms with Crippen molar-refractivity contribution in [3.05, 3.63) is 30.1 Å². The lowest BCUT2D eigenvalue weighted by Gasteiger charge is -2.15. The number of nitrogens with one attached hydrogen (secondary N) is 1. The molecular weight excluding hydrogens is 339 g/mol. The number of rotatable bonds is 6. The first kappa shape index (κ1) is 17.4. The third kappa shape index (κ3) is 4.36. The third-order valence-electron chi connectivity index (χ3n) is 3.76. The SMILES string of the molecule is O=C(NC[C@@H](O)C(F)(F)F)c1nc(OCC2CC2)c2ccccc2n1. The Labute approximate surface area is 141 Å². The average Bonchev–Trinajstić information content (AvgIpc) is 3.40. The zero-order chi connectivity index (χ0) is 18.0. The summed E-state index contributed by atoms with van der Waals surface area (Å²) in [6.07, 6.45) is -5.31. The first-order valence-corrected chi connectivity index (χ1v) is 7.77. The average molecular weight is 355 g/mol. The van der Waals surface area contributed by atoms with Crippen LogP contribution < -0.4 is 10.1 Å². The molecule has 1 aromatic heterocycles. The molecule has 25 heavy (non-hydrogen) atoms. The van der Waals surface area contributed by atoms with Crippen LogP contribution in [0.1, 0.15) is 23.5 Å².